The highest BCUT2D eigenvalue weighted by Crippen LogP contribution is 2.03. The van der Waals surface area contributed by atoms with Crippen LogP contribution in [0.5, 0.6) is 0 Å². The molecule has 0 bridgehead atoms. The molecule has 0 atom stereocenters. The van der Waals surface area contributed by atoms with Gasteiger partial charge in [0.2, 0.25) is 0 Å². The summed E-state index contributed by atoms with van der Waals surface area (Å²) in [5, 5.41) is 0.275. The fourth-order valence-electron chi connectivity index (χ4n) is 0.564. The highest BCUT2D eigenvalue weighted by atomic mass is 35.5. The molecule has 0 aliphatic heterocycles. The first-order chi connectivity index (χ1) is 4.22. The molecule has 0 saturated heterocycles. The van der Waals surface area contributed by atoms with Crippen LogP contribution in [0.4, 0.5) is 0 Å². The van der Waals surface area contributed by atoms with E-state index in [1.807, 2.05) is 0 Å². The lowest BCUT2D eigenvalue weighted by molar-refractivity contribution is 1.18. The Morgan fingerprint density at radius 2 is 2.33 bits per heavy atom. The monoisotopic (exact) mass is 143 g/mol. The van der Waals surface area contributed by atoms with E-state index >= 15 is 0 Å². The van der Waals surface area contributed by atoms with E-state index in [1.54, 1.807) is 13.1 Å². The standard InChI is InChI=1S/C6H6ClNO/c1-4-6(7)5(9)2-3-8-4/h2-3H,1H3,(H,8,9). The number of halogens is 1. The Kier molecular flexibility index (Phi) is 1.58. The highest BCUT2D eigenvalue weighted by Gasteiger charge is 1.95. The predicted octanol–water partition coefficient (Wildman–Crippen LogP) is 1.34. The maximum atomic E-state index is 10.7. The van der Waals surface area contributed by atoms with Gasteiger partial charge in [0, 0.05) is 18.0 Å². The average Bonchev–Trinajstić information content (AvgIpc) is 1.83. The lowest BCUT2D eigenvalue weighted by Gasteiger charge is -1.91. The molecule has 1 aromatic rings. The summed E-state index contributed by atoms with van der Waals surface area (Å²) in [6.07, 6.45) is 1.57. The quantitative estimate of drug-likeness (QED) is 0.584. The zero-order valence-corrected chi connectivity index (χ0v) is 5.70. The van der Waals surface area contributed by atoms with Crippen LogP contribution in [0.1, 0.15) is 5.69 Å². The lowest BCUT2D eigenvalue weighted by Crippen LogP contribution is -2.01. The van der Waals surface area contributed by atoms with E-state index in [0.717, 1.165) is 0 Å². The molecule has 0 radical (unpaired) electrons. The molecule has 3 heteroatoms. The van der Waals surface area contributed by atoms with Crippen LogP contribution in [0.25, 0.3) is 0 Å². The Bertz CT molecular complexity index is 266. The van der Waals surface area contributed by atoms with Gasteiger partial charge in [0.1, 0.15) is 5.02 Å². The van der Waals surface area contributed by atoms with Crippen molar-refractivity contribution in [2.45, 2.75) is 6.92 Å². The van der Waals surface area contributed by atoms with Crippen molar-refractivity contribution in [1.82, 2.24) is 4.98 Å². The zero-order valence-electron chi connectivity index (χ0n) is 4.94. The van der Waals surface area contributed by atoms with Gasteiger partial charge in [-0.25, -0.2) is 0 Å². The molecule has 48 valence electrons. The van der Waals surface area contributed by atoms with Crippen LogP contribution in [0.2, 0.25) is 5.02 Å². The first-order valence-corrected chi connectivity index (χ1v) is 2.93. The fourth-order valence-corrected chi connectivity index (χ4v) is 0.681. The molecule has 0 aliphatic carbocycles. The number of hydrogen-bond donors (Lipinski definition) is 1. The number of pyridine rings is 1. The molecule has 0 saturated carbocycles. The molecule has 1 rings (SSSR count). The van der Waals surface area contributed by atoms with Crippen molar-refractivity contribution in [3.8, 4) is 0 Å². The number of aromatic nitrogens is 1. The lowest BCUT2D eigenvalue weighted by atomic mass is 10.4. The minimum absolute atomic E-state index is 0.132. The molecular weight excluding hydrogens is 138 g/mol. The number of aryl methyl sites for hydroxylation is 1. The summed E-state index contributed by atoms with van der Waals surface area (Å²) in [6.45, 7) is 1.75. The van der Waals surface area contributed by atoms with Crippen molar-refractivity contribution < 1.29 is 0 Å². The first-order valence-electron chi connectivity index (χ1n) is 2.55. The summed E-state index contributed by atoms with van der Waals surface area (Å²) >= 11 is 5.53. The summed E-state index contributed by atoms with van der Waals surface area (Å²) in [5.74, 6) is 0. The van der Waals surface area contributed by atoms with Crippen LogP contribution in [0.3, 0.4) is 0 Å². The van der Waals surface area contributed by atoms with Crippen LogP contribution in [0, 0.1) is 6.92 Å². The molecule has 0 aromatic carbocycles. The van der Waals surface area contributed by atoms with E-state index in [4.69, 9.17) is 11.6 Å². The minimum atomic E-state index is -0.132. The smallest absolute Gasteiger partial charge is 0.200 e. The van der Waals surface area contributed by atoms with Gasteiger partial charge in [0.05, 0.1) is 0 Å². The third-order valence-electron chi connectivity index (χ3n) is 1.08. The molecule has 0 amide bonds. The number of aromatic amines is 1. The highest BCUT2D eigenvalue weighted by molar-refractivity contribution is 6.31. The molecule has 0 aliphatic rings. The molecule has 0 fully saturated rings. The van der Waals surface area contributed by atoms with E-state index in [2.05, 4.69) is 4.98 Å². The molecule has 2 nitrogen and oxygen atoms in total. The van der Waals surface area contributed by atoms with E-state index in [9.17, 15) is 4.79 Å². The van der Waals surface area contributed by atoms with Gasteiger partial charge in [0.25, 0.3) is 0 Å². The van der Waals surface area contributed by atoms with Crippen LogP contribution >= 0.6 is 11.6 Å². The van der Waals surface area contributed by atoms with Crippen molar-refractivity contribution >= 4 is 11.6 Å². The normalized spacial score (nSPS) is 9.56. The van der Waals surface area contributed by atoms with Crippen molar-refractivity contribution in [3.05, 3.63) is 33.2 Å². The zero-order chi connectivity index (χ0) is 6.85. The van der Waals surface area contributed by atoms with Gasteiger partial charge in [-0.05, 0) is 6.92 Å². The molecule has 9 heavy (non-hydrogen) atoms. The van der Waals surface area contributed by atoms with E-state index in [1.165, 1.54) is 6.07 Å². The second kappa shape index (κ2) is 2.23. The number of hydrogen-bond acceptors (Lipinski definition) is 1. The Morgan fingerprint density at radius 1 is 1.67 bits per heavy atom. The van der Waals surface area contributed by atoms with Gasteiger partial charge in [-0.3, -0.25) is 4.79 Å². The Balaban J connectivity index is 3.43. The summed E-state index contributed by atoms with van der Waals surface area (Å²) in [5.41, 5.74) is 0.581. The molecule has 0 spiro atoms. The molecular formula is C6H6ClNO. The van der Waals surface area contributed by atoms with E-state index in [0.29, 0.717) is 5.69 Å². The Morgan fingerprint density at radius 3 is 2.78 bits per heavy atom. The minimum Gasteiger partial charge on any atom is -0.364 e. The van der Waals surface area contributed by atoms with E-state index in [-0.39, 0.29) is 10.5 Å². The SMILES string of the molecule is Cc1[nH]ccc(=O)c1Cl. The van der Waals surface area contributed by atoms with Crippen molar-refractivity contribution in [1.29, 1.82) is 0 Å². The summed E-state index contributed by atoms with van der Waals surface area (Å²) in [6, 6.07) is 1.40. The van der Waals surface area contributed by atoms with Crippen molar-refractivity contribution in [2.24, 2.45) is 0 Å². The van der Waals surface area contributed by atoms with Crippen molar-refractivity contribution in [3.63, 3.8) is 0 Å². The Hall–Kier alpha value is -0.760. The third-order valence-corrected chi connectivity index (χ3v) is 1.55. The van der Waals surface area contributed by atoms with Gasteiger partial charge in [-0.1, -0.05) is 11.6 Å². The second-order valence-electron chi connectivity index (χ2n) is 1.78. The third kappa shape index (κ3) is 1.13. The summed E-state index contributed by atoms with van der Waals surface area (Å²) in [7, 11) is 0. The Labute approximate surface area is 57.5 Å². The molecule has 1 aromatic heterocycles. The molecule has 0 unspecified atom stereocenters. The van der Waals surface area contributed by atoms with Gasteiger partial charge in [0.15, 0.2) is 5.43 Å². The molecule has 1 heterocycles. The van der Waals surface area contributed by atoms with Crippen LogP contribution in [-0.2, 0) is 0 Å². The number of nitrogens with one attached hydrogen (secondary N) is 1. The average molecular weight is 144 g/mol. The summed E-state index contributed by atoms with van der Waals surface area (Å²) < 4.78 is 0. The predicted molar refractivity (Wildman–Crippen MR) is 36.8 cm³/mol. The van der Waals surface area contributed by atoms with Gasteiger partial charge in [-0.15, -0.1) is 0 Å². The van der Waals surface area contributed by atoms with Gasteiger partial charge >= 0.3 is 0 Å². The topological polar surface area (TPSA) is 32.9 Å². The number of rotatable bonds is 0. The summed E-state index contributed by atoms with van der Waals surface area (Å²) in [4.78, 5) is 13.5. The molecule has 1 N–H and O–H groups in total. The first kappa shape index (κ1) is 6.36. The van der Waals surface area contributed by atoms with Crippen LogP contribution < -0.4 is 5.43 Å². The van der Waals surface area contributed by atoms with E-state index < -0.39 is 0 Å². The van der Waals surface area contributed by atoms with Crippen molar-refractivity contribution in [2.75, 3.05) is 0 Å². The number of H-pyrrole nitrogens is 1. The fraction of sp³-hybridized carbons (Fsp3) is 0.167. The second-order valence-corrected chi connectivity index (χ2v) is 2.16. The van der Waals surface area contributed by atoms with Crippen LogP contribution in [-0.4, -0.2) is 4.98 Å². The largest absolute Gasteiger partial charge is 0.364 e. The maximum Gasteiger partial charge on any atom is 0.200 e. The van der Waals surface area contributed by atoms with Gasteiger partial charge in [-0.2, -0.15) is 0 Å². The maximum absolute atomic E-state index is 10.7. The van der Waals surface area contributed by atoms with Crippen LogP contribution in [0.15, 0.2) is 17.1 Å². The van der Waals surface area contributed by atoms with Gasteiger partial charge < -0.3 is 4.98 Å².